The smallest absolute Gasteiger partial charge is 0.373 e. The van der Waals surface area contributed by atoms with Crippen LogP contribution in [0.2, 0.25) is 0 Å². The predicted octanol–water partition coefficient (Wildman–Crippen LogP) is 3.34. The number of nitrogens with zero attached hydrogens (tertiary/aromatic N) is 2. The maximum absolute atomic E-state index is 8.66. The van der Waals surface area contributed by atoms with Crippen molar-refractivity contribution in [1.29, 1.82) is 0 Å². The molecule has 4 aromatic rings. The second-order valence-electron chi connectivity index (χ2n) is 4.79. The molecule has 0 amide bonds. The number of furan rings is 2. The Labute approximate surface area is 153 Å². The Morgan fingerprint density at radius 3 is 1.70 bits per heavy atom. The summed E-state index contributed by atoms with van der Waals surface area (Å²) in [6, 6.07) is 7.20. The van der Waals surface area contributed by atoms with Gasteiger partial charge >= 0.3 is 6.15 Å². The van der Waals surface area contributed by atoms with Gasteiger partial charge in [-0.2, -0.15) is 9.59 Å². The molecule has 9 heteroatoms. The highest BCUT2D eigenvalue weighted by molar-refractivity contribution is 5.48. The van der Waals surface area contributed by atoms with Gasteiger partial charge < -0.3 is 22.8 Å². The van der Waals surface area contributed by atoms with E-state index in [9.17, 15) is 0 Å². The number of hydrogen-bond donors (Lipinski definition) is 1. The van der Waals surface area contributed by atoms with E-state index < -0.39 is 0 Å². The number of aromatic nitrogens is 2. The van der Waals surface area contributed by atoms with Crippen molar-refractivity contribution in [2.75, 3.05) is 0 Å². The van der Waals surface area contributed by atoms with Crippen LogP contribution in [-0.2, 0) is 22.6 Å². The third kappa shape index (κ3) is 5.67. The average molecular weight is 372 g/mol. The molecule has 0 unspecified atom stereocenters. The van der Waals surface area contributed by atoms with Gasteiger partial charge in [-0.05, 0) is 24.3 Å². The molecule has 27 heavy (non-hydrogen) atoms. The van der Waals surface area contributed by atoms with Gasteiger partial charge in [0.15, 0.2) is 28.9 Å². The quantitative estimate of drug-likeness (QED) is 0.572. The molecule has 4 heterocycles. The van der Waals surface area contributed by atoms with Gasteiger partial charge in [-0.25, -0.2) is 9.97 Å². The molecule has 0 spiro atoms. The van der Waals surface area contributed by atoms with Gasteiger partial charge in [-0.15, -0.1) is 0 Å². The Bertz CT molecular complexity index is 858. The predicted molar refractivity (Wildman–Crippen MR) is 88.7 cm³/mol. The minimum atomic E-state index is -0.194. The Hall–Kier alpha value is -3.68. The van der Waals surface area contributed by atoms with E-state index in [4.69, 9.17) is 32.4 Å². The molecule has 0 aliphatic heterocycles. The van der Waals surface area contributed by atoms with Crippen LogP contribution < -0.4 is 0 Å². The van der Waals surface area contributed by atoms with E-state index in [1.807, 2.05) is 19.1 Å². The summed E-state index contributed by atoms with van der Waals surface area (Å²) < 4.78 is 20.7. The van der Waals surface area contributed by atoms with Gasteiger partial charge in [0.2, 0.25) is 5.89 Å². The summed E-state index contributed by atoms with van der Waals surface area (Å²) in [5.41, 5.74) is 0. The van der Waals surface area contributed by atoms with Crippen LogP contribution in [0.5, 0.6) is 0 Å². The van der Waals surface area contributed by atoms with Crippen LogP contribution in [0.25, 0.3) is 23.0 Å². The van der Waals surface area contributed by atoms with Crippen LogP contribution >= 0.6 is 0 Å². The van der Waals surface area contributed by atoms with Crippen molar-refractivity contribution in [3.63, 3.8) is 0 Å². The summed E-state index contributed by atoms with van der Waals surface area (Å²) >= 11 is 0. The third-order valence-corrected chi connectivity index (χ3v) is 3.07. The van der Waals surface area contributed by atoms with E-state index >= 15 is 0 Å². The van der Waals surface area contributed by atoms with E-state index in [-0.39, 0.29) is 12.8 Å². The van der Waals surface area contributed by atoms with E-state index in [0.717, 1.165) is 18.1 Å². The fraction of sp³-hybridized carbons (Fsp3) is 0.167. The fourth-order valence-corrected chi connectivity index (χ4v) is 1.92. The number of aryl methyl sites for hydroxylation is 1. The van der Waals surface area contributed by atoms with Crippen LogP contribution in [0, 0.1) is 0 Å². The maximum Gasteiger partial charge on any atom is 0.373 e. The summed E-state index contributed by atoms with van der Waals surface area (Å²) in [5, 5.41) is 8.66. The number of oxazole rings is 2. The lowest BCUT2D eigenvalue weighted by Crippen LogP contribution is -1.78. The first-order valence-electron chi connectivity index (χ1n) is 7.79. The molecule has 0 fully saturated rings. The molecule has 0 radical (unpaired) electrons. The molecule has 1 N–H and O–H groups in total. The highest BCUT2D eigenvalue weighted by Gasteiger charge is 2.07. The molecular weight excluding hydrogens is 356 g/mol. The Balaban J connectivity index is 0.000000170. The lowest BCUT2D eigenvalue weighted by Gasteiger charge is -1.86. The van der Waals surface area contributed by atoms with Gasteiger partial charge in [0.05, 0.1) is 24.9 Å². The molecule has 140 valence electrons. The Morgan fingerprint density at radius 1 is 0.889 bits per heavy atom. The van der Waals surface area contributed by atoms with Crippen molar-refractivity contribution in [3.05, 3.63) is 61.0 Å². The standard InChI is InChI=1S/C9H9NO2.C8H7NO3.CO2/c1-2-9-10-6-8(12-9)7-4-3-5-11-7;10-5-8-9-4-7(12-8)6-2-1-3-11-6;2-1-3/h3-6H,2H2,1H3;1-4,10H,5H2;. The van der Waals surface area contributed by atoms with Crippen molar-refractivity contribution >= 4 is 6.15 Å². The van der Waals surface area contributed by atoms with Crippen LogP contribution in [0.3, 0.4) is 0 Å². The maximum atomic E-state index is 8.66. The molecule has 0 aliphatic carbocycles. The Morgan fingerprint density at radius 2 is 1.37 bits per heavy atom. The van der Waals surface area contributed by atoms with Crippen LogP contribution in [0.15, 0.2) is 66.9 Å². The normalized spacial score (nSPS) is 9.56. The van der Waals surface area contributed by atoms with Crippen LogP contribution in [-0.4, -0.2) is 21.2 Å². The SMILES string of the molecule is CCc1ncc(-c2ccco2)o1.O=C=O.OCc1ncc(-c2ccco2)o1. The number of hydrogen-bond acceptors (Lipinski definition) is 9. The minimum absolute atomic E-state index is 0.194. The third-order valence-electron chi connectivity index (χ3n) is 3.07. The zero-order chi connectivity index (χ0) is 19.5. The van der Waals surface area contributed by atoms with Gasteiger partial charge in [-0.1, -0.05) is 6.92 Å². The molecule has 4 aromatic heterocycles. The van der Waals surface area contributed by atoms with Gasteiger partial charge in [0.1, 0.15) is 6.61 Å². The summed E-state index contributed by atoms with van der Waals surface area (Å²) in [4.78, 5) is 24.1. The molecule has 0 aromatic carbocycles. The molecule has 0 aliphatic rings. The van der Waals surface area contributed by atoms with Gasteiger partial charge in [0.25, 0.3) is 0 Å². The summed E-state index contributed by atoms with van der Waals surface area (Å²) in [6.07, 6.45) is 7.42. The first kappa shape index (κ1) is 19.6. The van der Waals surface area contributed by atoms with Crippen molar-refractivity contribution in [2.45, 2.75) is 20.0 Å². The largest absolute Gasteiger partial charge is 0.461 e. The average Bonchev–Trinajstić information content (AvgIpc) is 3.50. The topological polar surface area (TPSA) is 133 Å². The first-order chi connectivity index (χ1) is 13.2. The number of carbonyl (C=O) groups excluding carboxylic acids is 2. The molecule has 0 saturated heterocycles. The molecule has 0 bridgehead atoms. The molecule has 0 saturated carbocycles. The van der Waals surface area contributed by atoms with E-state index in [1.54, 1.807) is 30.9 Å². The number of rotatable bonds is 4. The van der Waals surface area contributed by atoms with E-state index in [2.05, 4.69) is 9.97 Å². The second-order valence-corrected chi connectivity index (χ2v) is 4.79. The van der Waals surface area contributed by atoms with E-state index in [1.165, 1.54) is 6.20 Å². The molecule has 9 nitrogen and oxygen atoms in total. The zero-order valence-electron chi connectivity index (χ0n) is 14.3. The Kier molecular flexibility index (Phi) is 7.52. The monoisotopic (exact) mass is 372 g/mol. The van der Waals surface area contributed by atoms with E-state index in [0.29, 0.717) is 23.2 Å². The van der Waals surface area contributed by atoms with Gasteiger partial charge in [0, 0.05) is 6.42 Å². The fourth-order valence-electron chi connectivity index (χ4n) is 1.92. The molecule has 0 atom stereocenters. The highest BCUT2D eigenvalue weighted by Crippen LogP contribution is 2.21. The van der Waals surface area contributed by atoms with Crippen molar-refractivity contribution < 1.29 is 32.4 Å². The summed E-state index contributed by atoms with van der Waals surface area (Å²) in [6.45, 7) is 1.80. The lowest BCUT2D eigenvalue weighted by atomic mass is 10.4. The van der Waals surface area contributed by atoms with Crippen molar-refractivity contribution in [2.24, 2.45) is 0 Å². The lowest BCUT2D eigenvalue weighted by molar-refractivity contribution is -0.191. The zero-order valence-corrected chi connectivity index (χ0v) is 14.3. The molecule has 4 rings (SSSR count). The molecular formula is C18H16N2O7. The van der Waals surface area contributed by atoms with Crippen LogP contribution in [0.1, 0.15) is 18.7 Å². The second kappa shape index (κ2) is 10.3. The highest BCUT2D eigenvalue weighted by atomic mass is 16.4. The summed E-state index contributed by atoms with van der Waals surface area (Å²) in [7, 11) is 0. The summed E-state index contributed by atoms with van der Waals surface area (Å²) in [5.74, 6) is 3.59. The van der Waals surface area contributed by atoms with Crippen molar-refractivity contribution in [3.8, 4) is 23.0 Å². The van der Waals surface area contributed by atoms with Gasteiger partial charge in [-0.3, -0.25) is 0 Å². The first-order valence-corrected chi connectivity index (χ1v) is 7.79. The van der Waals surface area contributed by atoms with Crippen molar-refractivity contribution in [1.82, 2.24) is 9.97 Å². The number of aliphatic hydroxyl groups is 1. The van der Waals surface area contributed by atoms with Crippen LogP contribution in [0.4, 0.5) is 0 Å². The minimum Gasteiger partial charge on any atom is -0.461 e. The number of aliphatic hydroxyl groups excluding tert-OH is 1.